The molecule has 3 heterocycles. The highest BCUT2D eigenvalue weighted by Crippen LogP contribution is 2.29. The van der Waals surface area contributed by atoms with Gasteiger partial charge >= 0.3 is 0 Å². The van der Waals surface area contributed by atoms with Crippen LogP contribution >= 0.6 is 0 Å². The van der Waals surface area contributed by atoms with Gasteiger partial charge in [0.2, 0.25) is 5.91 Å². The molecule has 0 radical (unpaired) electrons. The molecule has 1 amide bonds. The molecule has 0 unspecified atom stereocenters. The van der Waals surface area contributed by atoms with Crippen LogP contribution in [0.3, 0.4) is 0 Å². The van der Waals surface area contributed by atoms with E-state index in [1.165, 1.54) is 0 Å². The molecule has 1 fully saturated rings. The summed E-state index contributed by atoms with van der Waals surface area (Å²) >= 11 is 0. The minimum Gasteiger partial charge on any atom is -0.466 e. The van der Waals surface area contributed by atoms with Crippen molar-refractivity contribution in [3.8, 4) is 0 Å². The molecule has 124 valence electrons. The molecular formula is C17H23N3O3. The summed E-state index contributed by atoms with van der Waals surface area (Å²) in [6.45, 7) is 7.57. The fraction of sp³-hybridized carbons (Fsp3) is 0.529. The van der Waals surface area contributed by atoms with E-state index in [0.717, 1.165) is 28.5 Å². The van der Waals surface area contributed by atoms with Crippen LogP contribution in [0.5, 0.6) is 0 Å². The van der Waals surface area contributed by atoms with Crippen molar-refractivity contribution < 1.29 is 13.9 Å². The van der Waals surface area contributed by atoms with E-state index in [0.29, 0.717) is 32.6 Å². The highest BCUT2D eigenvalue weighted by Gasteiger charge is 2.31. The zero-order valence-corrected chi connectivity index (χ0v) is 13.9. The Bertz CT molecular complexity index is 670. The van der Waals surface area contributed by atoms with Crippen LogP contribution in [-0.4, -0.2) is 40.8 Å². The Morgan fingerprint density at radius 3 is 2.87 bits per heavy atom. The molecule has 0 aromatic carbocycles. The minimum atomic E-state index is -0.0617. The summed E-state index contributed by atoms with van der Waals surface area (Å²) in [4.78, 5) is 14.6. The number of nitrogens with one attached hydrogen (secondary N) is 1. The molecule has 2 aromatic rings. The predicted octanol–water partition coefficient (Wildman–Crippen LogP) is 2.46. The highest BCUT2D eigenvalue weighted by molar-refractivity contribution is 5.77. The van der Waals surface area contributed by atoms with Gasteiger partial charge in [-0.3, -0.25) is 9.89 Å². The lowest BCUT2D eigenvalue weighted by molar-refractivity contribution is -0.140. The Morgan fingerprint density at radius 1 is 1.39 bits per heavy atom. The molecule has 0 spiro atoms. The van der Waals surface area contributed by atoms with Crippen LogP contribution in [0.25, 0.3) is 0 Å². The van der Waals surface area contributed by atoms with Crippen LogP contribution in [-0.2, 0) is 16.0 Å². The molecule has 3 rings (SSSR count). The van der Waals surface area contributed by atoms with Gasteiger partial charge in [0.05, 0.1) is 24.9 Å². The van der Waals surface area contributed by atoms with Gasteiger partial charge in [0, 0.05) is 30.6 Å². The molecule has 6 heteroatoms. The fourth-order valence-corrected chi connectivity index (χ4v) is 3.19. The molecule has 0 saturated carbocycles. The SMILES string of the molecule is Cc1ccc(CCC(=O)N2CCOC[C@@H]2c2c(C)n[nH]c2C)o1. The van der Waals surface area contributed by atoms with Crippen molar-refractivity contribution in [2.45, 2.75) is 39.7 Å². The Hall–Kier alpha value is -2.08. The molecular weight excluding hydrogens is 294 g/mol. The van der Waals surface area contributed by atoms with Crippen molar-refractivity contribution in [2.24, 2.45) is 0 Å². The number of nitrogens with zero attached hydrogens (tertiary/aromatic N) is 2. The number of aromatic amines is 1. The van der Waals surface area contributed by atoms with Gasteiger partial charge in [0.25, 0.3) is 0 Å². The summed E-state index contributed by atoms with van der Waals surface area (Å²) in [5, 5.41) is 7.24. The van der Waals surface area contributed by atoms with Crippen molar-refractivity contribution >= 4 is 5.91 Å². The molecule has 2 aromatic heterocycles. The molecule has 1 N–H and O–H groups in total. The third kappa shape index (κ3) is 3.32. The number of morpholine rings is 1. The van der Waals surface area contributed by atoms with E-state index in [2.05, 4.69) is 10.2 Å². The first-order valence-electron chi connectivity index (χ1n) is 8.00. The first kappa shape index (κ1) is 15.8. The van der Waals surface area contributed by atoms with Gasteiger partial charge in [-0.2, -0.15) is 5.10 Å². The van der Waals surface area contributed by atoms with Gasteiger partial charge in [0.15, 0.2) is 0 Å². The van der Waals surface area contributed by atoms with Crippen molar-refractivity contribution in [3.63, 3.8) is 0 Å². The fourth-order valence-electron chi connectivity index (χ4n) is 3.19. The number of carbonyl (C=O) groups excluding carboxylic acids is 1. The average molecular weight is 317 g/mol. The van der Waals surface area contributed by atoms with Crippen molar-refractivity contribution in [2.75, 3.05) is 19.8 Å². The van der Waals surface area contributed by atoms with Gasteiger partial charge in [0.1, 0.15) is 11.5 Å². The molecule has 0 bridgehead atoms. The Morgan fingerprint density at radius 2 is 2.22 bits per heavy atom. The van der Waals surface area contributed by atoms with Gasteiger partial charge in [-0.15, -0.1) is 0 Å². The topological polar surface area (TPSA) is 71.4 Å². The van der Waals surface area contributed by atoms with Gasteiger partial charge in [-0.1, -0.05) is 0 Å². The van der Waals surface area contributed by atoms with E-state index < -0.39 is 0 Å². The maximum absolute atomic E-state index is 12.7. The first-order valence-corrected chi connectivity index (χ1v) is 8.00. The summed E-state index contributed by atoms with van der Waals surface area (Å²) in [5.74, 6) is 1.87. The molecule has 6 nitrogen and oxygen atoms in total. The minimum absolute atomic E-state index is 0.0617. The molecule has 0 aliphatic carbocycles. The van der Waals surface area contributed by atoms with Crippen molar-refractivity contribution in [1.82, 2.24) is 15.1 Å². The summed E-state index contributed by atoms with van der Waals surface area (Å²) < 4.78 is 11.2. The number of aromatic nitrogens is 2. The highest BCUT2D eigenvalue weighted by atomic mass is 16.5. The lowest BCUT2D eigenvalue weighted by Crippen LogP contribution is -2.43. The van der Waals surface area contributed by atoms with Crippen LogP contribution in [0.15, 0.2) is 16.5 Å². The number of rotatable bonds is 4. The number of carbonyl (C=O) groups is 1. The Balaban J connectivity index is 1.72. The standard InChI is InChI=1S/C17H23N3O3/c1-11-4-5-14(23-11)6-7-16(21)20-8-9-22-10-15(20)17-12(2)18-19-13(17)3/h4-5,15H,6-10H2,1-3H3,(H,18,19)/t15-/m1/s1. The van der Waals surface area contributed by atoms with E-state index in [4.69, 9.17) is 9.15 Å². The van der Waals surface area contributed by atoms with E-state index in [9.17, 15) is 4.79 Å². The number of aryl methyl sites for hydroxylation is 4. The molecule has 1 aliphatic rings. The van der Waals surface area contributed by atoms with Crippen LogP contribution in [0.1, 0.15) is 40.9 Å². The van der Waals surface area contributed by atoms with Gasteiger partial charge in [-0.05, 0) is 32.9 Å². The number of amides is 1. The second-order valence-corrected chi connectivity index (χ2v) is 6.04. The molecule has 1 aliphatic heterocycles. The number of hydrogen-bond donors (Lipinski definition) is 1. The van der Waals surface area contributed by atoms with Gasteiger partial charge < -0.3 is 14.1 Å². The molecule has 23 heavy (non-hydrogen) atoms. The third-order valence-corrected chi connectivity index (χ3v) is 4.35. The number of ether oxygens (including phenoxy) is 1. The zero-order valence-electron chi connectivity index (χ0n) is 13.9. The lowest BCUT2D eigenvalue weighted by atomic mass is 10.0. The Labute approximate surface area is 135 Å². The molecule has 1 saturated heterocycles. The predicted molar refractivity (Wildman–Crippen MR) is 85.1 cm³/mol. The third-order valence-electron chi connectivity index (χ3n) is 4.35. The lowest BCUT2D eigenvalue weighted by Gasteiger charge is -2.36. The number of H-pyrrole nitrogens is 1. The number of hydrogen-bond acceptors (Lipinski definition) is 4. The van der Waals surface area contributed by atoms with Crippen LogP contribution in [0.4, 0.5) is 0 Å². The first-order chi connectivity index (χ1) is 11.1. The van der Waals surface area contributed by atoms with E-state index in [1.807, 2.05) is 37.8 Å². The zero-order chi connectivity index (χ0) is 16.4. The summed E-state index contributed by atoms with van der Waals surface area (Å²) in [6, 6.07) is 3.80. The second kappa shape index (κ2) is 6.58. The summed E-state index contributed by atoms with van der Waals surface area (Å²) in [6.07, 6.45) is 1.07. The Kier molecular flexibility index (Phi) is 4.52. The van der Waals surface area contributed by atoms with E-state index >= 15 is 0 Å². The van der Waals surface area contributed by atoms with Crippen molar-refractivity contribution in [3.05, 3.63) is 40.6 Å². The van der Waals surface area contributed by atoms with Gasteiger partial charge in [-0.25, -0.2) is 0 Å². The normalized spacial score (nSPS) is 18.4. The van der Waals surface area contributed by atoms with E-state index in [-0.39, 0.29) is 11.9 Å². The summed E-state index contributed by atoms with van der Waals surface area (Å²) in [5.41, 5.74) is 3.00. The van der Waals surface area contributed by atoms with Crippen LogP contribution in [0.2, 0.25) is 0 Å². The number of furan rings is 1. The molecule has 1 atom stereocenters. The summed E-state index contributed by atoms with van der Waals surface area (Å²) in [7, 11) is 0. The maximum atomic E-state index is 12.7. The largest absolute Gasteiger partial charge is 0.466 e. The van der Waals surface area contributed by atoms with Crippen LogP contribution < -0.4 is 0 Å². The monoisotopic (exact) mass is 317 g/mol. The maximum Gasteiger partial charge on any atom is 0.223 e. The average Bonchev–Trinajstić information content (AvgIpc) is 3.10. The van der Waals surface area contributed by atoms with Crippen LogP contribution in [0, 0.1) is 20.8 Å². The smallest absolute Gasteiger partial charge is 0.223 e. The second-order valence-electron chi connectivity index (χ2n) is 6.04. The van der Waals surface area contributed by atoms with E-state index in [1.54, 1.807) is 0 Å². The quantitative estimate of drug-likeness (QED) is 0.940. The van der Waals surface area contributed by atoms with Crippen molar-refractivity contribution in [1.29, 1.82) is 0 Å².